The molecule has 10 nitrogen and oxygen atoms in total. The molecule has 2 aromatic heterocycles. The SMILES string of the molecule is C=CC(=O)Nc1cc(Nc2ncc3cc(Oc4ccc(F)cc4F)c(=O)n(C)c3n2)cc(F)c1OCCN(C)C. The Hall–Kier alpha value is -4.91. The number of benzene rings is 2. The van der Waals surface area contributed by atoms with E-state index in [0.717, 1.165) is 28.8 Å². The first-order valence-electron chi connectivity index (χ1n) is 11.9. The zero-order valence-corrected chi connectivity index (χ0v) is 21.8. The van der Waals surface area contributed by atoms with Crippen LogP contribution in [-0.2, 0) is 11.8 Å². The summed E-state index contributed by atoms with van der Waals surface area (Å²) < 4.78 is 54.4. The Morgan fingerprint density at radius 3 is 2.60 bits per heavy atom. The second kappa shape index (κ2) is 11.9. The summed E-state index contributed by atoms with van der Waals surface area (Å²) in [6.45, 7) is 4.10. The Labute approximate surface area is 226 Å². The monoisotopic (exact) mass is 554 g/mol. The Morgan fingerprint density at radius 1 is 1.12 bits per heavy atom. The molecule has 0 radical (unpaired) electrons. The van der Waals surface area contributed by atoms with Crippen LogP contribution in [0.25, 0.3) is 11.0 Å². The van der Waals surface area contributed by atoms with Gasteiger partial charge < -0.3 is 25.0 Å². The zero-order valence-electron chi connectivity index (χ0n) is 21.8. The molecule has 208 valence electrons. The first-order chi connectivity index (χ1) is 19.0. The van der Waals surface area contributed by atoms with Crippen LogP contribution in [0, 0.1) is 17.5 Å². The summed E-state index contributed by atoms with van der Waals surface area (Å²) in [5, 5.41) is 5.75. The molecule has 0 unspecified atom stereocenters. The van der Waals surface area contributed by atoms with Gasteiger partial charge in [-0.2, -0.15) is 4.98 Å². The number of hydrogen-bond donors (Lipinski definition) is 2. The van der Waals surface area contributed by atoms with Crippen molar-refractivity contribution >= 4 is 34.3 Å². The van der Waals surface area contributed by atoms with Gasteiger partial charge in [-0.05, 0) is 44.4 Å². The largest absolute Gasteiger partial charge is 0.487 e. The molecule has 2 N–H and O–H groups in total. The number of ether oxygens (including phenoxy) is 2. The smallest absolute Gasteiger partial charge is 0.294 e. The van der Waals surface area contributed by atoms with Gasteiger partial charge in [0.05, 0.1) is 5.69 Å². The van der Waals surface area contributed by atoms with Crippen LogP contribution in [0.5, 0.6) is 17.2 Å². The van der Waals surface area contributed by atoms with Crippen molar-refractivity contribution in [2.45, 2.75) is 0 Å². The lowest BCUT2D eigenvalue weighted by atomic mass is 10.2. The third-order valence-electron chi connectivity index (χ3n) is 5.56. The molecular weight excluding hydrogens is 529 g/mol. The quantitative estimate of drug-likeness (QED) is 0.279. The van der Waals surface area contributed by atoms with Gasteiger partial charge in [0, 0.05) is 43.0 Å². The summed E-state index contributed by atoms with van der Waals surface area (Å²) in [4.78, 5) is 35.2. The maximum Gasteiger partial charge on any atom is 0.294 e. The fourth-order valence-electron chi connectivity index (χ4n) is 3.58. The Balaban J connectivity index is 1.64. The predicted molar refractivity (Wildman–Crippen MR) is 144 cm³/mol. The molecule has 0 fully saturated rings. The van der Waals surface area contributed by atoms with E-state index in [1.807, 2.05) is 19.0 Å². The number of likely N-dealkylation sites (N-methyl/N-ethyl adjacent to an activating group) is 1. The highest BCUT2D eigenvalue weighted by atomic mass is 19.1. The highest BCUT2D eigenvalue weighted by molar-refractivity contribution is 6.00. The molecule has 2 heterocycles. The number of anilines is 3. The van der Waals surface area contributed by atoms with Crippen LogP contribution in [-0.4, -0.2) is 52.6 Å². The van der Waals surface area contributed by atoms with Gasteiger partial charge in [0.1, 0.15) is 18.1 Å². The molecule has 0 aliphatic carbocycles. The molecule has 1 amide bonds. The van der Waals surface area contributed by atoms with E-state index in [1.165, 1.54) is 25.4 Å². The van der Waals surface area contributed by atoms with E-state index in [1.54, 1.807) is 0 Å². The fourth-order valence-corrected chi connectivity index (χ4v) is 3.58. The molecule has 4 aromatic rings. The molecule has 0 spiro atoms. The highest BCUT2D eigenvalue weighted by Gasteiger charge is 2.17. The van der Waals surface area contributed by atoms with Crippen LogP contribution >= 0.6 is 0 Å². The van der Waals surface area contributed by atoms with Crippen LogP contribution < -0.4 is 25.7 Å². The van der Waals surface area contributed by atoms with Crippen LogP contribution in [0.3, 0.4) is 0 Å². The predicted octanol–water partition coefficient (Wildman–Crippen LogP) is 4.35. The molecule has 0 saturated heterocycles. The van der Waals surface area contributed by atoms with Crippen LogP contribution in [0.15, 0.2) is 60.0 Å². The molecule has 0 bridgehead atoms. The number of aromatic nitrogens is 3. The van der Waals surface area contributed by atoms with Crippen molar-refractivity contribution < 1.29 is 27.4 Å². The molecule has 0 atom stereocenters. The molecule has 4 rings (SSSR count). The van der Waals surface area contributed by atoms with E-state index in [4.69, 9.17) is 9.47 Å². The van der Waals surface area contributed by atoms with Crippen LogP contribution in [0.2, 0.25) is 0 Å². The first-order valence-corrected chi connectivity index (χ1v) is 11.9. The van der Waals surface area contributed by atoms with Crippen molar-refractivity contribution in [3.8, 4) is 17.2 Å². The van der Waals surface area contributed by atoms with Gasteiger partial charge in [-0.25, -0.2) is 18.2 Å². The van der Waals surface area contributed by atoms with E-state index in [0.29, 0.717) is 18.0 Å². The highest BCUT2D eigenvalue weighted by Crippen LogP contribution is 2.33. The van der Waals surface area contributed by atoms with Crippen molar-refractivity contribution in [3.05, 3.63) is 83.1 Å². The average molecular weight is 555 g/mol. The van der Waals surface area contributed by atoms with Crippen molar-refractivity contribution in [1.82, 2.24) is 19.4 Å². The molecule has 0 aliphatic heterocycles. The minimum Gasteiger partial charge on any atom is -0.487 e. The third kappa shape index (κ3) is 6.38. The topological polar surface area (TPSA) is 111 Å². The number of aryl methyl sites for hydroxylation is 1. The molecule has 40 heavy (non-hydrogen) atoms. The van der Waals surface area contributed by atoms with E-state index < -0.39 is 28.9 Å². The van der Waals surface area contributed by atoms with Gasteiger partial charge in [-0.1, -0.05) is 6.58 Å². The van der Waals surface area contributed by atoms with Gasteiger partial charge in [0.15, 0.2) is 28.9 Å². The van der Waals surface area contributed by atoms with E-state index in [9.17, 15) is 18.4 Å². The van der Waals surface area contributed by atoms with Gasteiger partial charge in [-0.3, -0.25) is 14.2 Å². The van der Waals surface area contributed by atoms with Crippen LogP contribution in [0.4, 0.5) is 30.5 Å². The van der Waals surface area contributed by atoms with Crippen LogP contribution in [0.1, 0.15) is 0 Å². The van der Waals surface area contributed by atoms with Crippen molar-refractivity contribution in [2.75, 3.05) is 37.9 Å². The lowest BCUT2D eigenvalue weighted by Gasteiger charge is -2.17. The van der Waals surface area contributed by atoms with Gasteiger partial charge >= 0.3 is 0 Å². The number of rotatable bonds is 10. The molecule has 2 aromatic carbocycles. The van der Waals surface area contributed by atoms with Crippen molar-refractivity contribution in [2.24, 2.45) is 7.05 Å². The summed E-state index contributed by atoms with van der Waals surface area (Å²) in [6.07, 6.45) is 2.42. The Kier molecular flexibility index (Phi) is 8.34. The third-order valence-corrected chi connectivity index (χ3v) is 5.56. The number of nitrogens with zero attached hydrogens (tertiary/aromatic N) is 4. The average Bonchev–Trinajstić information content (AvgIpc) is 2.90. The number of hydrogen-bond acceptors (Lipinski definition) is 8. The molecule has 0 saturated carbocycles. The van der Waals surface area contributed by atoms with E-state index in [2.05, 4.69) is 27.2 Å². The van der Waals surface area contributed by atoms with Crippen molar-refractivity contribution in [1.29, 1.82) is 0 Å². The number of carbonyl (C=O) groups is 1. The number of carbonyl (C=O) groups excluding carboxylic acids is 1. The molecular formula is C27H25F3N6O4. The number of nitrogens with one attached hydrogen (secondary N) is 2. The lowest BCUT2D eigenvalue weighted by Crippen LogP contribution is -2.20. The first kappa shape index (κ1) is 28.1. The Bertz CT molecular complexity index is 1660. The van der Waals surface area contributed by atoms with Gasteiger partial charge in [0.25, 0.3) is 5.56 Å². The second-order valence-corrected chi connectivity index (χ2v) is 8.83. The maximum atomic E-state index is 15.0. The minimum absolute atomic E-state index is 0.0161. The maximum absolute atomic E-state index is 15.0. The van der Waals surface area contributed by atoms with Gasteiger partial charge in [-0.15, -0.1) is 0 Å². The molecule has 13 heteroatoms. The minimum atomic E-state index is -0.969. The number of fused-ring (bicyclic) bond motifs is 1. The van der Waals surface area contributed by atoms with E-state index in [-0.39, 0.29) is 46.8 Å². The standard InChI is InChI=1S/C27H25F3N6O4/c1-5-23(37)33-20-13-17(12-19(30)24(20)39-9-8-35(2)3)32-27-31-14-15-10-22(26(38)36(4)25(15)34-27)40-21-7-6-16(28)11-18(21)29/h5-7,10-14H,1,8-9H2,2-4H3,(H,33,37)(H,31,32,34). The summed E-state index contributed by atoms with van der Waals surface area (Å²) >= 11 is 0. The van der Waals surface area contributed by atoms with Gasteiger partial charge in [0.2, 0.25) is 11.9 Å². The summed E-state index contributed by atoms with van der Waals surface area (Å²) in [7, 11) is 5.11. The summed E-state index contributed by atoms with van der Waals surface area (Å²) in [5.41, 5.74) is -0.193. The summed E-state index contributed by atoms with van der Waals surface area (Å²) in [6, 6.07) is 6.63. The summed E-state index contributed by atoms with van der Waals surface area (Å²) in [5.74, 6) is -3.74. The second-order valence-electron chi connectivity index (χ2n) is 8.83. The fraction of sp³-hybridized carbons (Fsp3) is 0.185. The van der Waals surface area contributed by atoms with E-state index >= 15 is 4.39 Å². The van der Waals surface area contributed by atoms with Crippen molar-refractivity contribution in [3.63, 3.8) is 0 Å². The zero-order chi connectivity index (χ0) is 29.0. The number of pyridine rings is 1. The Morgan fingerprint density at radius 2 is 1.90 bits per heavy atom. The number of amides is 1. The normalized spacial score (nSPS) is 11.0. The number of halogens is 3. The molecule has 0 aliphatic rings. The lowest BCUT2D eigenvalue weighted by molar-refractivity contribution is -0.111.